The molecule has 0 spiro atoms. The van der Waals surface area contributed by atoms with E-state index in [1.54, 1.807) is 21.1 Å². The van der Waals surface area contributed by atoms with Crippen molar-refractivity contribution < 1.29 is 24.1 Å². The third kappa shape index (κ3) is 6.96. The first kappa shape index (κ1) is 22.5. The largest absolute Gasteiger partial charge is 0.493 e. The highest BCUT2D eigenvalue weighted by atomic mass is 16.5. The predicted octanol–water partition coefficient (Wildman–Crippen LogP) is 3.33. The molecular formula is C22H30N2O5. The molecule has 0 aliphatic carbocycles. The van der Waals surface area contributed by atoms with Crippen LogP contribution in [0.25, 0.3) is 0 Å². The SMILES string of the molecule is COCCOc1ccc([C@@H](C)NC(=O)NCc2ccc([C@@H](C)O)cc2)cc1OC. The van der Waals surface area contributed by atoms with Gasteiger partial charge in [-0.1, -0.05) is 30.3 Å². The molecule has 0 radical (unpaired) electrons. The highest BCUT2D eigenvalue weighted by Crippen LogP contribution is 2.30. The third-order valence-electron chi connectivity index (χ3n) is 4.50. The van der Waals surface area contributed by atoms with Gasteiger partial charge in [-0.15, -0.1) is 0 Å². The van der Waals surface area contributed by atoms with Crippen LogP contribution >= 0.6 is 0 Å². The average molecular weight is 402 g/mol. The van der Waals surface area contributed by atoms with Gasteiger partial charge in [-0.05, 0) is 42.7 Å². The van der Waals surface area contributed by atoms with Gasteiger partial charge in [0.15, 0.2) is 11.5 Å². The number of hydrogen-bond donors (Lipinski definition) is 3. The number of benzene rings is 2. The maximum absolute atomic E-state index is 12.2. The van der Waals surface area contributed by atoms with Gasteiger partial charge in [0.25, 0.3) is 0 Å². The molecule has 0 unspecified atom stereocenters. The van der Waals surface area contributed by atoms with E-state index in [1.807, 2.05) is 49.4 Å². The Balaban J connectivity index is 1.89. The number of carbonyl (C=O) groups is 1. The van der Waals surface area contributed by atoms with Crippen molar-refractivity contribution in [2.24, 2.45) is 0 Å². The second-order valence-corrected chi connectivity index (χ2v) is 6.72. The minimum absolute atomic E-state index is 0.213. The van der Waals surface area contributed by atoms with Gasteiger partial charge in [0.2, 0.25) is 0 Å². The Labute approximate surface area is 172 Å². The molecule has 7 nitrogen and oxygen atoms in total. The molecule has 0 aliphatic heterocycles. The van der Waals surface area contributed by atoms with Crippen LogP contribution in [0.2, 0.25) is 0 Å². The van der Waals surface area contributed by atoms with Gasteiger partial charge in [0.05, 0.1) is 25.9 Å². The lowest BCUT2D eigenvalue weighted by atomic mass is 10.1. The molecule has 2 atom stereocenters. The minimum atomic E-state index is -0.505. The number of carbonyl (C=O) groups excluding carboxylic acids is 1. The fourth-order valence-electron chi connectivity index (χ4n) is 2.74. The molecule has 0 fully saturated rings. The van der Waals surface area contributed by atoms with E-state index >= 15 is 0 Å². The van der Waals surface area contributed by atoms with Crippen molar-refractivity contribution in [3.8, 4) is 11.5 Å². The van der Waals surface area contributed by atoms with Gasteiger partial charge in [0.1, 0.15) is 6.61 Å². The first-order valence-corrected chi connectivity index (χ1v) is 9.55. The highest BCUT2D eigenvalue weighted by molar-refractivity contribution is 5.74. The number of aliphatic hydroxyl groups is 1. The number of aliphatic hydroxyl groups excluding tert-OH is 1. The molecule has 2 amide bonds. The lowest BCUT2D eigenvalue weighted by molar-refractivity contribution is 0.144. The molecule has 2 aromatic carbocycles. The van der Waals surface area contributed by atoms with E-state index in [2.05, 4.69) is 10.6 Å². The van der Waals surface area contributed by atoms with Gasteiger partial charge < -0.3 is 30.0 Å². The monoisotopic (exact) mass is 402 g/mol. The molecule has 7 heteroatoms. The summed E-state index contributed by atoms with van der Waals surface area (Å²) in [6, 6.07) is 12.6. The second kappa shape index (κ2) is 11.3. The second-order valence-electron chi connectivity index (χ2n) is 6.72. The number of methoxy groups -OCH3 is 2. The Kier molecular flexibility index (Phi) is 8.76. The summed E-state index contributed by atoms with van der Waals surface area (Å²) in [7, 11) is 3.20. The fraction of sp³-hybridized carbons (Fsp3) is 0.409. The zero-order valence-corrected chi connectivity index (χ0v) is 17.4. The number of nitrogens with one attached hydrogen (secondary N) is 2. The van der Waals surface area contributed by atoms with Crippen LogP contribution in [0.15, 0.2) is 42.5 Å². The molecule has 2 aromatic rings. The molecule has 0 aromatic heterocycles. The van der Waals surface area contributed by atoms with Gasteiger partial charge >= 0.3 is 6.03 Å². The van der Waals surface area contributed by atoms with Crippen molar-refractivity contribution in [3.05, 3.63) is 59.2 Å². The Hall–Kier alpha value is -2.77. The van der Waals surface area contributed by atoms with Crippen molar-refractivity contribution >= 4 is 6.03 Å². The first-order chi connectivity index (χ1) is 13.9. The summed E-state index contributed by atoms with van der Waals surface area (Å²) in [6.07, 6.45) is -0.505. The summed E-state index contributed by atoms with van der Waals surface area (Å²) in [5.41, 5.74) is 2.70. The lowest BCUT2D eigenvalue weighted by Gasteiger charge is -2.17. The van der Waals surface area contributed by atoms with Crippen molar-refractivity contribution in [3.63, 3.8) is 0 Å². The molecule has 0 saturated heterocycles. The number of rotatable bonds is 10. The number of amides is 2. The molecular weight excluding hydrogens is 372 g/mol. The van der Waals surface area contributed by atoms with Gasteiger partial charge in [-0.2, -0.15) is 0 Å². The van der Waals surface area contributed by atoms with Crippen LogP contribution in [-0.4, -0.2) is 38.6 Å². The standard InChI is InChI=1S/C22H30N2O5/c1-15(19-9-10-20(21(13-19)28-4)29-12-11-27-3)24-22(26)23-14-17-5-7-18(8-6-17)16(2)25/h5-10,13,15-16,25H,11-12,14H2,1-4H3,(H2,23,24,26)/t15-,16-/m1/s1. The molecule has 0 saturated carbocycles. The third-order valence-corrected chi connectivity index (χ3v) is 4.50. The number of urea groups is 1. The van der Waals surface area contributed by atoms with E-state index in [0.717, 1.165) is 16.7 Å². The summed E-state index contributed by atoms with van der Waals surface area (Å²) < 4.78 is 16.0. The van der Waals surface area contributed by atoms with Crippen molar-refractivity contribution in [1.82, 2.24) is 10.6 Å². The Morgan fingerprint density at radius 1 is 1.00 bits per heavy atom. The van der Waals surface area contributed by atoms with Crippen LogP contribution < -0.4 is 20.1 Å². The summed E-state index contributed by atoms with van der Waals surface area (Å²) in [4.78, 5) is 12.2. The Morgan fingerprint density at radius 3 is 2.31 bits per heavy atom. The molecule has 2 rings (SSSR count). The normalized spacial score (nSPS) is 12.7. The number of ether oxygens (including phenoxy) is 3. The van der Waals surface area contributed by atoms with Crippen molar-refractivity contribution in [1.29, 1.82) is 0 Å². The lowest BCUT2D eigenvalue weighted by Crippen LogP contribution is -2.36. The van der Waals surface area contributed by atoms with E-state index in [9.17, 15) is 9.90 Å². The topological polar surface area (TPSA) is 89.1 Å². The average Bonchev–Trinajstić information content (AvgIpc) is 2.72. The maximum Gasteiger partial charge on any atom is 0.315 e. The highest BCUT2D eigenvalue weighted by Gasteiger charge is 2.13. The van der Waals surface area contributed by atoms with E-state index in [-0.39, 0.29) is 12.1 Å². The van der Waals surface area contributed by atoms with Crippen molar-refractivity contribution in [2.75, 3.05) is 27.4 Å². The summed E-state index contributed by atoms with van der Waals surface area (Å²) in [6.45, 7) is 4.94. The van der Waals surface area contributed by atoms with E-state index in [1.165, 1.54) is 0 Å². The molecule has 0 aliphatic rings. The van der Waals surface area contributed by atoms with E-state index in [4.69, 9.17) is 14.2 Å². The predicted molar refractivity (Wildman–Crippen MR) is 111 cm³/mol. The van der Waals surface area contributed by atoms with Crippen LogP contribution in [0.1, 0.15) is 42.7 Å². The van der Waals surface area contributed by atoms with Crippen LogP contribution in [0.3, 0.4) is 0 Å². The molecule has 29 heavy (non-hydrogen) atoms. The van der Waals surface area contributed by atoms with E-state index < -0.39 is 6.10 Å². The van der Waals surface area contributed by atoms with Crippen LogP contribution in [0, 0.1) is 0 Å². The van der Waals surface area contributed by atoms with Crippen molar-refractivity contribution in [2.45, 2.75) is 32.5 Å². The number of hydrogen-bond acceptors (Lipinski definition) is 5. The van der Waals surface area contributed by atoms with Gasteiger partial charge in [-0.25, -0.2) is 4.79 Å². The maximum atomic E-state index is 12.2. The summed E-state index contributed by atoms with van der Waals surface area (Å²) in [5, 5.41) is 15.3. The van der Waals surface area contributed by atoms with Gasteiger partial charge in [-0.3, -0.25) is 0 Å². The van der Waals surface area contributed by atoms with Crippen LogP contribution in [0.5, 0.6) is 11.5 Å². The minimum Gasteiger partial charge on any atom is -0.493 e. The zero-order valence-electron chi connectivity index (χ0n) is 17.4. The van der Waals surface area contributed by atoms with Crippen LogP contribution in [-0.2, 0) is 11.3 Å². The molecule has 3 N–H and O–H groups in total. The van der Waals surface area contributed by atoms with Gasteiger partial charge in [0, 0.05) is 13.7 Å². The fourth-order valence-corrected chi connectivity index (χ4v) is 2.74. The summed E-state index contributed by atoms with van der Waals surface area (Å²) in [5.74, 6) is 1.23. The molecule has 158 valence electrons. The van der Waals surface area contributed by atoms with Crippen LogP contribution in [0.4, 0.5) is 4.79 Å². The summed E-state index contributed by atoms with van der Waals surface area (Å²) >= 11 is 0. The molecule has 0 bridgehead atoms. The quantitative estimate of drug-likeness (QED) is 0.531. The molecule has 0 heterocycles. The Morgan fingerprint density at radius 2 is 1.69 bits per heavy atom. The Bertz CT molecular complexity index is 777. The zero-order chi connectivity index (χ0) is 21.2. The first-order valence-electron chi connectivity index (χ1n) is 9.55. The smallest absolute Gasteiger partial charge is 0.315 e. The van der Waals surface area contributed by atoms with E-state index in [0.29, 0.717) is 31.3 Å².